The van der Waals surface area contributed by atoms with E-state index in [4.69, 9.17) is 10.5 Å². The first-order valence-electron chi connectivity index (χ1n) is 5.84. The van der Waals surface area contributed by atoms with Gasteiger partial charge in [0.25, 0.3) is 0 Å². The van der Waals surface area contributed by atoms with Crippen molar-refractivity contribution in [3.8, 4) is 0 Å². The van der Waals surface area contributed by atoms with Gasteiger partial charge in [0.1, 0.15) is 5.60 Å². The average molecular weight is 227 g/mol. The summed E-state index contributed by atoms with van der Waals surface area (Å²) in [4.78, 5) is 16.1. The monoisotopic (exact) mass is 227 g/mol. The predicted octanol–water partition coefficient (Wildman–Crippen LogP) is 0.249. The number of amides is 1. The van der Waals surface area contributed by atoms with Gasteiger partial charge in [-0.1, -0.05) is 0 Å². The molecule has 2 aliphatic rings. The highest BCUT2D eigenvalue weighted by Gasteiger charge is 2.41. The van der Waals surface area contributed by atoms with Crippen molar-refractivity contribution in [3.05, 3.63) is 0 Å². The molecule has 0 radical (unpaired) electrons. The summed E-state index contributed by atoms with van der Waals surface area (Å²) in [5.41, 5.74) is 5.59. The lowest BCUT2D eigenvalue weighted by atomic mass is 10.1. The Labute approximate surface area is 96.5 Å². The van der Waals surface area contributed by atoms with Crippen LogP contribution < -0.4 is 5.73 Å². The number of hydrogen-bond acceptors (Lipinski definition) is 4. The van der Waals surface area contributed by atoms with Crippen molar-refractivity contribution in [2.75, 3.05) is 26.2 Å². The minimum Gasteiger partial charge on any atom is -0.444 e. The van der Waals surface area contributed by atoms with Crippen LogP contribution in [0.15, 0.2) is 0 Å². The van der Waals surface area contributed by atoms with Crippen LogP contribution in [0.25, 0.3) is 0 Å². The first-order chi connectivity index (χ1) is 7.37. The number of rotatable bonds is 0. The van der Waals surface area contributed by atoms with E-state index in [-0.39, 0.29) is 18.2 Å². The summed E-state index contributed by atoms with van der Waals surface area (Å²) in [6, 6.07) is 0.193. The molecule has 5 nitrogen and oxygen atoms in total. The Morgan fingerprint density at radius 1 is 1.31 bits per heavy atom. The molecule has 0 saturated carbocycles. The number of hydrogen-bond donors (Lipinski definition) is 1. The summed E-state index contributed by atoms with van der Waals surface area (Å²) >= 11 is 0. The summed E-state index contributed by atoms with van der Waals surface area (Å²) in [7, 11) is 0. The maximum atomic E-state index is 12.0. The van der Waals surface area contributed by atoms with Gasteiger partial charge < -0.3 is 15.4 Å². The third kappa shape index (κ3) is 2.30. The predicted molar refractivity (Wildman–Crippen MR) is 61.1 cm³/mol. The van der Waals surface area contributed by atoms with Crippen LogP contribution in [0.2, 0.25) is 0 Å². The van der Waals surface area contributed by atoms with Crippen LogP contribution in [0.4, 0.5) is 4.79 Å². The highest BCUT2D eigenvalue weighted by molar-refractivity contribution is 5.69. The third-order valence-corrected chi connectivity index (χ3v) is 3.09. The molecule has 2 bridgehead atoms. The molecule has 0 aromatic rings. The van der Waals surface area contributed by atoms with Gasteiger partial charge in [-0.05, 0) is 20.8 Å². The number of carbonyl (C=O) groups excluding carboxylic acids is 1. The van der Waals surface area contributed by atoms with Crippen LogP contribution >= 0.6 is 0 Å². The topological polar surface area (TPSA) is 58.8 Å². The minimum absolute atomic E-state index is 0.0648. The molecule has 1 amide bonds. The Balaban J connectivity index is 2.01. The van der Waals surface area contributed by atoms with Crippen molar-refractivity contribution in [1.29, 1.82) is 0 Å². The molecule has 0 spiro atoms. The van der Waals surface area contributed by atoms with Crippen LogP contribution in [-0.2, 0) is 4.74 Å². The minimum atomic E-state index is -0.434. The Hall–Kier alpha value is -0.810. The second-order valence-electron chi connectivity index (χ2n) is 5.66. The zero-order valence-corrected chi connectivity index (χ0v) is 10.3. The molecule has 2 N–H and O–H groups in total. The molecule has 2 saturated heterocycles. The van der Waals surface area contributed by atoms with Crippen molar-refractivity contribution < 1.29 is 9.53 Å². The van der Waals surface area contributed by atoms with Crippen molar-refractivity contribution in [1.82, 2.24) is 9.80 Å². The lowest BCUT2D eigenvalue weighted by Crippen LogP contribution is -2.54. The molecule has 0 aromatic carbocycles. The highest BCUT2D eigenvalue weighted by atomic mass is 16.6. The van der Waals surface area contributed by atoms with Gasteiger partial charge in [0, 0.05) is 32.2 Å². The second-order valence-corrected chi connectivity index (χ2v) is 5.66. The van der Waals surface area contributed by atoms with Gasteiger partial charge in [-0.3, -0.25) is 4.90 Å². The zero-order chi connectivity index (χ0) is 11.9. The number of carbonyl (C=O) groups is 1. The average Bonchev–Trinajstić information content (AvgIpc) is 2.40. The van der Waals surface area contributed by atoms with Gasteiger partial charge in [-0.25, -0.2) is 4.79 Å². The lowest BCUT2D eigenvalue weighted by Gasteiger charge is -2.36. The molecule has 3 unspecified atom stereocenters. The second kappa shape index (κ2) is 3.89. The standard InChI is InChI=1S/C11H21N3O2/c1-11(2,3)16-10(15)14-5-4-13-6-8(12)9(14)7-13/h8-9H,4-7,12H2,1-3H3. The molecule has 2 aliphatic heterocycles. The summed E-state index contributed by atoms with van der Waals surface area (Å²) in [6.45, 7) is 9.07. The molecule has 0 aromatic heterocycles. The molecular weight excluding hydrogens is 206 g/mol. The van der Waals surface area contributed by atoms with Crippen molar-refractivity contribution >= 4 is 6.09 Å². The fourth-order valence-corrected chi connectivity index (χ4v) is 2.37. The number of ether oxygens (including phenoxy) is 1. The van der Waals surface area contributed by atoms with E-state index in [0.717, 1.165) is 26.2 Å². The Bertz CT molecular complexity index is 287. The van der Waals surface area contributed by atoms with Crippen LogP contribution in [0.5, 0.6) is 0 Å². The Morgan fingerprint density at radius 2 is 2.00 bits per heavy atom. The number of nitrogens with two attached hydrogens (primary N) is 1. The van der Waals surface area contributed by atoms with Crippen LogP contribution in [0, 0.1) is 0 Å². The fourth-order valence-electron chi connectivity index (χ4n) is 2.37. The van der Waals surface area contributed by atoms with Crippen molar-refractivity contribution in [2.24, 2.45) is 5.73 Å². The summed E-state index contributed by atoms with van der Waals surface area (Å²) in [5, 5.41) is 0. The van der Waals surface area contributed by atoms with Gasteiger partial charge >= 0.3 is 6.09 Å². The zero-order valence-electron chi connectivity index (χ0n) is 10.3. The SMILES string of the molecule is CC(C)(C)OC(=O)N1CCN2CC(N)C1C2. The summed E-state index contributed by atoms with van der Waals surface area (Å²) < 4.78 is 5.39. The Kier molecular flexibility index (Phi) is 2.84. The quantitative estimate of drug-likeness (QED) is 0.644. The normalized spacial score (nSPS) is 34.0. The van der Waals surface area contributed by atoms with E-state index in [1.807, 2.05) is 20.8 Å². The molecule has 0 aliphatic carbocycles. The first-order valence-corrected chi connectivity index (χ1v) is 5.84. The maximum absolute atomic E-state index is 12.0. The first kappa shape index (κ1) is 11.7. The molecular formula is C11H21N3O2. The van der Waals surface area contributed by atoms with Crippen LogP contribution in [-0.4, -0.2) is 59.8 Å². The third-order valence-electron chi connectivity index (χ3n) is 3.09. The van der Waals surface area contributed by atoms with Gasteiger partial charge in [0.2, 0.25) is 0 Å². The molecule has 92 valence electrons. The van der Waals surface area contributed by atoms with E-state index in [1.54, 1.807) is 4.90 Å². The van der Waals surface area contributed by atoms with Gasteiger partial charge in [-0.2, -0.15) is 0 Å². The molecule has 2 fully saturated rings. The summed E-state index contributed by atoms with van der Waals surface area (Å²) in [6.07, 6.45) is -0.227. The fraction of sp³-hybridized carbons (Fsp3) is 0.909. The largest absolute Gasteiger partial charge is 0.444 e. The highest BCUT2D eigenvalue weighted by Crippen LogP contribution is 2.22. The van der Waals surface area contributed by atoms with Gasteiger partial charge in [0.15, 0.2) is 0 Å². The Morgan fingerprint density at radius 3 is 2.62 bits per heavy atom. The van der Waals surface area contributed by atoms with E-state index < -0.39 is 5.60 Å². The maximum Gasteiger partial charge on any atom is 0.410 e. The van der Waals surface area contributed by atoms with Crippen LogP contribution in [0.3, 0.4) is 0 Å². The van der Waals surface area contributed by atoms with E-state index in [0.29, 0.717) is 0 Å². The summed E-state index contributed by atoms with van der Waals surface area (Å²) in [5.74, 6) is 0. The van der Waals surface area contributed by atoms with Crippen molar-refractivity contribution in [2.45, 2.75) is 38.5 Å². The molecule has 2 heterocycles. The molecule has 2 rings (SSSR count). The van der Waals surface area contributed by atoms with Crippen LogP contribution in [0.1, 0.15) is 20.8 Å². The number of nitrogens with zero attached hydrogens (tertiary/aromatic N) is 2. The van der Waals surface area contributed by atoms with E-state index in [1.165, 1.54) is 0 Å². The van der Waals surface area contributed by atoms with E-state index in [2.05, 4.69) is 4.90 Å². The number of piperazine rings is 1. The van der Waals surface area contributed by atoms with Gasteiger partial charge in [-0.15, -0.1) is 0 Å². The lowest BCUT2D eigenvalue weighted by molar-refractivity contribution is 0.00931. The van der Waals surface area contributed by atoms with Gasteiger partial charge in [0.05, 0.1) is 6.04 Å². The molecule has 5 heteroatoms. The van der Waals surface area contributed by atoms with E-state index >= 15 is 0 Å². The molecule has 16 heavy (non-hydrogen) atoms. The van der Waals surface area contributed by atoms with E-state index in [9.17, 15) is 4.79 Å². The van der Waals surface area contributed by atoms with Crippen molar-refractivity contribution in [3.63, 3.8) is 0 Å². The smallest absolute Gasteiger partial charge is 0.410 e. The molecule has 3 atom stereocenters. The number of fused-ring (bicyclic) bond motifs is 2.